The molecule has 0 fully saturated rings. The number of aromatic nitrogens is 1. The third-order valence-electron chi connectivity index (χ3n) is 9.78. The van der Waals surface area contributed by atoms with Crippen LogP contribution in [0.15, 0.2) is 116 Å². The summed E-state index contributed by atoms with van der Waals surface area (Å²) in [4.78, 5) is 58.9. The first-order valence-electron chi connectivity index (χ1n) is 17.3. The Labute approximate surface area is 310 Å². The molecule has 0 bridgehead atoms. The van der Waals surface area contributed by atoms with E-state index in [1.54, 1.807) is 92.7 Å². The van der Waals surface area contributed by atoms with E-state index in [0.29, 0.717) is 66.6 Å². The number of phenols is 2. The Morgan fingerprint density at radius 2 is 1.07 bits per heavy atom. The van der Waals surface area contributed by atoms with Gasteiger partial charge in [0.15, 0.2) is 5.58 Å². The maximum atomic E-state index is 13.0. The third-order valence-corrected chi connectivity index (χ3v) is 9.78. The van der Waals surface area contributed by atoms with E-state index in [0.717, 1.165) is 9.80 Å². The number of phenolic OH excluding ortho intramolecular Hbond substituents is 2. The highest BCUT2D eigenvalue weighted by Gasteiger charge is 2.35. The lowest BCUT2D eigenvalue weighted by molar-refractivity contribution is 0.0603. The van der Waals surface area contributed by atoms with Crippen LogP contribution in [0.5, 0.6) is 11.5 Å². The van der Waals surface area contributed by atoms with Crippen molar-refractivity contribution in [3.05, 3.63) is 113 Å². The van der Waals surface area contributed by atoms with Crippen LogP contribution in [-0.4, -0.2) is 61.7 Å². The lowest BCUT2D eigenvalue weighted by atomic mass is 9.92. The fraction of sp³-hybridized carbons (Fsp3) is 0.0976. The summed E-state index contributed by atoms with van der Waals surface area (Å²) in [6, 6.07) is 24.6. The molecule has 0 radical (unpaired) electrons. The van der Waals surface area contributed by atoms with Crippen molar-refractivity contribution < 1.29 is 33.8 Å². The van der Waals surface area contributed by atoms with Crippen molar-refractivity contribution in [2.45, 2.75) is 13.8 Å². The van der Waals surface area contributed by atoms with E-state index in [4.69, 9.17) is 4.42 Å². The minimum atomic E-state index is -0.479. The van der Waals surface area contributed by atoms with Gasteiger partial charge in [0, 0.05) is 57.4 Å². The standard InChI is InChI=1S/C41H27N7O7/c1-3-47-38(51)25-9-5-7-23-33(25)27(40(47)53)18-30(49)35(23)45-43-21-13-11-20(12-14-21)37-42-29-16-15-22(17-32(29)55-37)44-46-36-24-8-6-10-26-34(24)28(19-31(36)50)41(54)48(4-2)39(26)52/h5-19,49-50H,3-4H2,1-2H3. The summed E-state index contributed by atoms with van der Waals surface area (Å²) in [6.45, 7) is 3.84. The number of oxazole rings is 1. The zero-order chi connectivity index (χ0) is 38.1. The molecule has 7 aromatic rings. The lowest BCUT2D eigenvalue weighted by Gasteiger charge is -2.26. The van der Waals surface area contributed by atoms with Crippen LogP contribution in [-0.2, 0) is 0 Å². The first kappa shape index (κ1) is 33.2. The van der Waals surface area contributed by atoms with E-state index in [1.807, 2.05) is 0 Å². The molecular weight excluding hydrogens is 702 g/mol. The predicted octanol–water partition coefficient (Wildman–Crippen LogP) is 9.27. The molecule has 2 aliphatic heterocycles. The quantitative estimate of drug-likeness (QED) is 0.120. The summed E-state index contributed by atoms with van der Waals surface area (Å²) in [5.74, 6) is -1.91. The van der Waals surface area contributed by atoms with Crippen molar-refractivity contribution in [2.75, 3.05) is 13.1 Å². The first-order valence-corrected chi connectivity index (χ1v) is 17.3. The molecule has 3 heterocycles. The number of carbonyl (C=O) groups excluding carboxylic acids is 4. The Morgan fingerprint density at radius 3 is 1.60 bits per heavy atom. The molecule has 0 aliphatic carbocycles. The van der Waals surface area contributed by atoms with Gasteiger partial charge in [-0.05, 0) is 74.5 Å². The van der Waals surface area contributed by atoms with Crippen molar-refractivity contribution in [2.24, 2.45) is 20.5 Å². The van der Waals surface area contributed by atoms with E-state index >= 15 is 0 Å². The van der Waals surface area contributed by atoms with Crippen LogP contribution in [0.25, 0.3) is 44.1 Å². The summed E-state index contributed by atoms with van der Waals surface area (Å²) in [5.41, 5.74) is 3.95. The van der Waals surface area contributed by atoms with Gasteiger partial charge in [-0.15, -0.1) is 10.2 Å². The summed E-state index contributed by atoms with van der Waals surface area (Å²) < 4.78 is 6.06. The summed E-state index contributed by atoms with van der Waals surface area (Å²) in [7, 11) is 0. The molecule has 0 spiro atoms. The second-order valence-corrected chi connectivity index (χ2v) is 12.9. The molecule has 1 aromatic heterocycles. The Kier molecular flexibility index (Phi) is 7.56. The number of benzene rings is 6. The molecule has 6 aromatic carbocycles. The lowest BCUT2D eigenvalue weighted by Crippen LogP contribution is -2.39. The van der Waals surface area contributed by atoms with Gasteiger partial charge in [-0.2, -0.15) is 10.2 Å². The van der Waals surface area contributed by atoms with Crippen molar-refractivity contribution in [1.29, 1.82) is 0 Å². The number of aromatic hydroxyl groups is 2. The van der Waals surface area contributed by atoms with Crippen LogP contribution in [0.4, 0.5) is 22.7 Å². The highest BCUT2D eigenvalue weighted by Crippen LogP contribution is 2.44. The van der Waals surface area contributed by atoms with Gasteiger partial charge in [-0.25, -0.2) is 4.98 Å². The van der Waals surface area contributed by atoms with E-state index in [2.05, 4.69) is 25.4 Å². The van der Waals surface area contributed by atoms with Gasteiger partial charge >= 0.3 is 0 Å². The third kappa shape index (κ3) is 5.14. The number of hydrogen-bond acceptors (Lipinski definition) is 12. The van der Waals surface area contributed by atoms with Gasteiger partial charge in [-0.1, -0.05) is 24.3 Å². The van der Waals surface area contributed by atoms with Gasteiger partial charge in [-0.3, -0.25) is 29.0 Å². The van der Waals surface area contributed by atoms with Gasteiger partial charge in [0.2, 0.25) is 5.89 Å². The first-order chi connectivity index (χ1) is 26.7. The van der Waals surface area contributed by atoms with Crippen LogP contribution in [0.2, 0.25) is 0 Å². The maximum absolute atomic E-state index is 13.0. The van der Waals surface area contributed by atoms with E-state index in [9.17, 15) is 29.4 Å². The second kappa shape index (κ2) is 12.5. The molecule has 4 amide bonds. The smallest absolute Gasteiger partial charge is 0.261 e. The molecular formula is C41H27N7O7. The zero-order valence-corrected chi connectivity index (χ0v) is 29.1. The Balaban J connectivity index is 0.979. The predicted molar refractivity (Wildman–Crippen MR) is 201 cm³/mol. The number of imide groups is 2. The molecule has 0 saturated carbocycles. The largest absolute Gasteiger partial charge is 0.506 e. The van der Waals surface area contributed by atoms with Crippen LogP contribution in [0, 0.1) is 0 Å². The minimum absolute atomic E-state index is 0.120. The molecule has 2 N–H and O–H groups in total. The highest BCUT2D eigenvalue weighted by molar-refractivity contribution is 6.28. The number of rotatable bonds is 7. The number of hydrogen-bond donors (Lipinski definition) is 2. The van der Waals surface area contributed by atoms with Crippen LogP contribution in [0.1, 0.15) is 55.3 Å². The van der Waals surface area contributed by atoms with E-state index in [1.165, 1.54) is 12.1 Å². The van der Waals surface area contributed by atoms with Crippen molar-refractivity contribution in [3.8, 4) is 23.0 Å². The number of carbonyl (C=O) groups is 4. The maximum Gasteiger partial charge on any atom is 0.261 e. The van der Waals surface area contributed by atoms with Gasteiger partial charge in [0.05, 0.1) is 22.5 Å². The van der Waals surface area contributed by atoms with E-state index < -0.39 is 23.6 Å². The Morgan fingerprint density at radius 1 is 0.582 bits per heavy atom. The monoisotopic (exact) mass is 729 g/mol. The summed E-state index contributed by atoms with van der Waals surface area (Å²) in [5, 5.41) is 40.7. The average molecular weight is 730 g/mol. The molecule has 14 heteroatoms. The van der Waals surface area contributed by atoms with Gasteiger partial charge in [0.25, 0.3) is 23.6 Å². The molecule has 268 valence electrons. The minimum Gasteiger partial charge on any atom is -0.506 e. The fourth-order valence-corrected chi connectivity index (χ4v) is 7.14. The topological polar surface area (TPSA) is 191 Å². The molecule has 2 aliphatic rings. The molecule has 0 atom stereocenters. The van der Waals surface area contributed by atoms with Crippen molar-refractivity contribution in [1.82, 2.24) is 14.8 Å². The molecule has 9 rings (SSSR count). The van der Waals surface area contributed by atoms with Crippen LogP contribution in [0.3, 0.4) is 0 Å². The van der Waals surface area contributed by atoms with Crippen molar-refractivity contribution >= 4 is 79.0 Å². The normalized spacial score (nSPS) is 14.2. The van der Waals surface area contributed by atoms with Gasteiger partial charge in [0.1, 0.15) is 28.4 Å². The number of azo groups is 2. The number of amides is 4. The number of nitrogens with zero attached hydrogens (tertiary/aromatic N) is 7. The van der Waals surface area contributed by atoms with E-state index in [-0.39, 0.29) is 47.1 Å². The van der Waals surface area contributed by atoms with Crippen LogP contribution >= 0.6 is 0 Å². The highest BCUT2D eigenvalue weighted by atomic mass is 16.3. The molecule has 55 heavy (non-hydrogen) atoms. The fourth-order valence-electron chi connectivity index (χ4n) is 7.14. The Hall–Kier alpha value is -7.61. The number of fused-ring (bicyclic) bond motifs is 1. The van der Waals surface area contributed by atoms with Crippen molar-refractivity contribution in [3.63, 3.8) is 0 Å². The molecule has 14 nitrogen and oxygen atoms in total. The average Bonchev–Trinajstić information content (AvgIpc) is 3.62. The summed E-state index contributed by atoms with van der Waals surface area (Å²) >= 11 is 0. The Bertz CT molecular complexity index is 2910. The summed E-state index contributed by atoms with van der Waals surface area (Å²) in [6.07, 6.45) is 0. The molecule has 0 saturated heterocycles. The van der Waals surface area contributed by atoms with Crippen LogP contribution < -0.4 is 0 Å². The second-order valence-electron chi connectivity index (χ2n) is 12.9. The zero-order valence-electron chi connectivity index (χ0n) is 29.1. The molecule has 0 unspecified atom stereocenters. The van der Waals surface area contributed by atoms with Gasteiger partial charge < -0.3 is 14.6 Å². The SMILES string of the molecule is CCN1C(=O)c2cccc3c(N=Nc4ccc(-c5nc6ccc(N=Nc7c(O)cc8c9c(cccc79)C(=O)N(CC)C8=O)cc6o5)cc4)c(O)cc(c23)C1=O.